The smallest absolute Gasteiger partial charge is 0.129 e. The summed E-state index contributed by atoms with van der Waals surface area (Å²) in [5.41, 5.74) is 1.13. The van der Waals surface area contributed by atoms with E-state index < -0.39 is 5.82 Å². The fourth-order valence-electron chi connectivity index (χ4n) is 1.62. The Labute approximate surface area is 109 Å². The third kappa shape index (κ3) is 3.08. The largest absolute Gasteiger partial charge is 0.489 e. The average Bonchev–Trinajstić information content (AvgIpc) is 2.41. The Kier molecular flexibility index (Phi) is 3.76. The van der Waals surface area contributed by atoms with Crippen molar-refractivity contribution in [3.05, 3.63) is 64.7 Å². The number of benzene rings is 2. The van der Waals surface area contributed by atoms with Crippen molar-refractivity contribution in [2.45, 2.75) is 13.5 Å². The minimum absolute atomic E-state index is 0.00751. The van der Waals surface area contributed by atoms with Crippen molar-refractivity contribution in [2.24, 2.45) is 0 Å². The number of rotatable bonds is 3. The molecule has 0 fully saturated rings. The predicted molar refractivity (Wildman–Crippen MR) is 66.6 cm³/mol. The molecule has 0 N–H and O–H groups in total. The Bertz CT molecular complexity index is 647. The van der Waals surface area contributed by atoms with E-state index in [1.54, 1.807) is 13.0 Å². The van der Waals surface area contributed by atoms with Gasteiger partial charge in [-0.1, -0.05) is 0 Å². The molecule has 2 aromatic carbocycles. The summed E-state index contributed by atoms with van der Waals surface area (Å²) in [7, 11) is 0. The quantitative estimate of drug-likeness (QED) is 0.841. The van der Waals surface area contributed by atoms with Crippen molar-refractivity contribution in [3.63, 3.8) is 0 Å². The molecule has 2 nitrogen and oxygen atoms in total. The first-order valence-corrected chi connectivity index (χ1v) is 5.67. The van der Waals surface area contributed by atoms with Crippen molar-refractivity contribution in [1.29, 1.82) is 5.26 Å². The van der Waals surface area contributed by atoms with Gasteiger partial charge in [0.05, 0.1) is 11.6 Å². The second-order valence-electron chi connectivity index (χ2n) is 4.12. The molecule has 19 heavy (non-hydrogen) atoms. The van der Waals surface area contributed by atoms with E-state index in [4.69, 9.17) is 10.00 Å². The molecule has 0 amide bonds. The molecule has 0 aliphatic rings. The Morgan fingerprint density at radius 3 is 2.53 bits per heavy atom. The Morgan fingerprint density at radius 2 is 1.84 bits per heavy atom. The molecule has 0 aliphatic heterocycles. The average molecular weight is 259 g/mol. The van der Waals surface area contributed by atoms with Crippen LogP contribution in [0.4, 0.5) is 8.78 Å². The molecule has 2 aromatic rings. The normalized spacial score (nSPS) is 10.0. The first-order valence-electron chi connectivity index (χ1n) is 5.67. The predicted octanol–water partition coefficient (Wildman–Crippen LogP) is 3.72. The molecule has 0 unspecified atom stereocenters. The summed E-state index contributed by atoms with van der Waals surface area (Å²) in [4.78, 5) is 0. The molecule has 0 aliphatic carbocycles. The number of nitrogens with zero attached hydrogens (tertiary/aromatic N) is 1. The van der Waals surface area contributed by atoms with Crippen molar-refractivity contribution >= 4 is 0 Å². The van der Waals surface area contributed by atoms with E-state index in [1.807, 2.05) is 6.07 Å². The number of aryl methyl sites for hydroxylation is 1. The van der Waals surface area contributed by atoms with Crippen LogP contribution in [0.25, 0.3) is 0 Å². The van der Waals surface area contributed by atoms with Crippen LogP contribution in [0.5, 0.6) is 5.75 Å². The van der Waals surface area contributed by atoms with Crippen LogP contribution in [0.1, 0.15) is 16.7 Å². The van der Waals surface area contributed by atoms with Crippen LogP contribution in [0.3, 0.4) is 0 Å². The molecule has 0 heterocycles. The zero-order valence-electron chi connectivity index (χ0n) is 10.3. The van der Waals surface area contributed by atoms with Crippen LogP contribution in [0, 0.1) is 29.9 Å². The summed E-state index contributed by atoms with van der Waals surface area (Å²) in [6.07, 6.45) is 0. The van der Waals surface area contributed by atoms with Gasteiger partial charge in [0.25, 0.3) is 0 Å². The highest BCUT2D eigenvalue weighted by atomic mass is 19.1. The number of halogens is 2. The van der Waals surface area contributed by atoms with Gasteiger partial charge in [0.1, 0.15) is 24.0 Å². The highest BCUT2D eigenvalue weighted by Crippen LogP contribution is 2.18. The fourth-order valence-corrected chi connectivity index (χ4v) is 1.62. The standard InChI is InChI=1S/C15H11F2NO/c1-10-6-13(3-5-14(10)16)19-9-12-7-11(8-18)2-4-15(12)17/h2-7H,9H2,1H3. The van der Waals surface area contributed by atoms with Crippen LogP contribution in [-0.4, -0.2) is 0 Å². The first kappa shape index (κ1) is 13.0. The molecule has 2 rings (SSSR count). The highest BCUT2D eigenvalue weighted by Gasteiger charge is 2.06. The molecule has 0 saturated heterocycles. The van der Waals surface area contributed by atoms with E-state index in [0.29, 0.717) is 22.4 Å². The zero-order valence-corrected chi connectivity index (χ0v) is 10.3. The van der Waals surface area contributed by atoms with Gasteiger partial charge >= 0.3 is 0 Å². The lowest BCUT2D eigenvalue weighted by atomic mass is 10.1. The molecule has 96 valence electrons. The molecule has 4 heteroatoms. The molecule has 0 saturated carbocycles. The minimum Gasteiger partial charge on any atom is -0.489 e. The maximum Gasteiger partial charge on any atom is 0.129 e. The minimum atomic E-state index is -0.433. The third-order valence-corrected chi connectivity index (χ3v) is 2.70. The van der Waals surface area contributed by atoms with Gasteiger partial charge in [-0.25, -0.2) is 8.78 Å². The van der Waals surface area contributed by atoms with Crippen LogP contribution in [0.2, 0.25) is 0 Å². The van der Waals surface area contributed by atoms with Gasteiger partial charge in [0.15, 0.2) is 0 Å². The Balaban J connectivity index is 2.14. The Morgan fingerprint density at radius 1 is 1.11 bits per heavy atom. The molecule has 0 atom stereocenters. The molecule has 0 spiro atoms. The van der Waals surface area contributed by atoms with E-state index in [0.717, 1.165) is 0 Å². The fraction of sp³-hybridized carbons (Fsp3) is 0.133. The maximum atomic E-state index is 13.5. The van der Waals surface area contributed by atoms with E-state index in [1.165, 1.54) is 30.3 Å². The SMILES string of the molecule is Cc1cc(OCc2cc(C#N)ccc2F)ccc1F. The van der Waals surface area contributed by atoms with Crippen molar-refractivity contribution < 1.29 is 13.5 Å². The summed E-state index contributed by atoms with van der Waals surface area (Å²) < 4.78 is 32.0. The number of hydrogen-bond donors (Lipinski definition) is 0. The topological polar surface area (TPSA) is 33.0 Å². The summed E-state index contributed by atoms with van der Waals surface area (Å²) in [5.74, 6) is -0.288. The lowest BCUT2D eigenvalue weighted by Crippen LogP contribution is -1.99. The van der Waals surface area contributed by atoms with Gasteiger partial charge in [-0.2, -0.15) is 5.26 Å². The van der Waals surface area contributed by atoms with Gasteiger partial charge in [-0.15, -0.1) is 0 Å². The third-order valence-electron chi connectivity index (χ3n) is 2.70. The zero-order chi connectivity index (χ0) is 13.8. The van der Waals surface area contributed by atoms with Gasteiger partial charge in [0.2, 0.25) is 0 Å². The second-order valence-corrected chi connectivity index (χ2v) is 4.12. The highest BCUT2D eigenvalue weighted by molar-refractivity contribution is 5.34. The van der Waals surface area contributed by atoms with Crippen LogP contribution in [0.15, 0.2) is 36.4 Å². The number of hydrogen-bond acceptors (Lipinski definition) is 2. The lowest BCUT2D eigenvalue weighted by molar-refractivity contribution is 0.299. The molecule has 0 bridgehead atoms. The first-order chi connectivity index (χ1) is 9.10. The van der Waals surface area contributed by atoms with Crippen LogP contribution >= 0.6 is 0 Å². The van der Waals surface area contributed by atoms with Gasteiger partial charge < -0.3 is 4.74 Å². The van der Waals surface area contributed by atoms with Crippen molar-refractivity contribution in [1.82, 2.24) is 0 Å². The van der Waals surface area contributed by atoms with Crippen molar-refractivity contribution in [3.8, 4) is 11.8 Å². The van der Waals surface area contributed by atoms with E-state index >= 15 is 0 Å². The lowest BCUT2D eigenvalue weighted by Gasteiger charge is -2.08. The monoisotopic (exact) mass is 259 g/mol. The van der Waals surface area contributed by atoms with Crippen molar-refractivity contribution in [2.75, 3.05) is 0 Å². The van der Waals surface area contributed by atoms with E-state index in [9.17, 15) is 8.78 Å². The number of ether oxygens (including phenoxy) is 1. The second kappa shape index (κ2) is 5.49. The molecule has 0 radical (unpaired) electrons. The summed E-state index contributed by atoms with van der Waals surface area (Å²) in [5, 5.41) is 8.75. The van der Waals surface area contributed by atoms with Gasteiger partial charge in [-0.3, -0.25) is 0 Å². The summed E-state index contributed by atoms with van der Waals surface area (Å²) in [6.45, 7) is 1.62. The summed E-state index contributed by atoms with van der Waals surface area (Å²) in [6, 6.07) is 10.3. The van der Waals surface area contributed by atoms with Gasteiger partial charge in [0, 0.05) is 5.56 Å². The van der Waals surface area contributed by atoms with Crippen LogP contribution in [-0.2, 0) is 6.61 Å². The van der Waals surface area contributed by atoms with E-state index in [-0.39, 0.29) is 12.4 Å². The molecule has 0 aromatic heterocycles. The Hall–Kier alpha value is -2.41. The van der Waals surface area contributed by atoms with E-state index in [2.05, 4.69) is 0 Å². The maximum absolute atomic E-state index is 13.5. The molecular formula is C15H11F2NO. The van der Waals surface area contributed by atoms with Crippen LogP contribution < -0.4 is 4.74 Å². The summed E-state index contributed by atoms with van der Waals surface area (Å²) >= 11 is 0. The molecular weight excluding hydrogens is 248 g/mol. The number of nitriles is 1. The van der Waals surface area contributed by atoms with Gasteiger partial charge in [-0.05, 0) is 48.9 Å².